The van der Waals surface area contributed by atoms with E-state index in [1.54, 1.807) is 0 Å². The van der Waals surface area contributed by atoms with E-state index >= 15 is 0 Å². The maximum Gasteiger partial charge on any atom is 0.257 e. The van der Waals surface area contributed by atoms with Crippen LogP contribution in [0.5, 0.6) is 5.75 Å². The molecule has 0 unspecified atom stereocenters. The Hall–Kier alpha value is -2.67. The molecule has 0 spiro atoms. The van der Waals surface area contributed by atoms with Crippen LogP contribution in [0.3, 0.4) is 0 Å². The van der Waals surface area contributed by atoms with Crippen LogP contribution in [0, 0.1) is 0 Å². The van der Waals surface area contributed by atoms with E-state index in [4.69, 9.17) is 4.74 Å². The first kappa shape index (κ1) is 22.6. The molecule has 0 atom stereocenters. The number of likely N-dealkylation sites (N-methyl/N-ethyl adjacent to an activating group) is 1. The van der Waals surface area contributed by atoms with Crippen LogP contribution in [0.4, 0.5) is 0 Å². The second-order valence-electron chi connectivity index (χ2n) is 6.17. The maximum atomic E-state index is 11.5. The Labute approximate surface area is 177 Å². The van der Waals surface area contributed by atoms with Gasteiger partial charge in [-0.25, -0.2) is 4.99 Å². The molecule has 156 valence electrons. The second-order valence-corrected chi connectivity index (χ2v) is 7.34. The molecular formula is C22H30N4O2S. The highest BCUT2D eigenvalue weighted by atomic mass is 32.2. The summed E-state index contributed by atoms with van der Waals surface area (Å²) in [6.45, 7) is 6.69. The molecular weight excluding hydrogens is 384 g/mol. The predicted octanol–water partition coefficient (Wildman–Crippen LogP) is 3.05. The molecule has 0 radical (unpaired) electrons. The number of hydrogen-bond acceptors (Lipinski definition) is 4. The topological polar surface area (TPSA) is 74.8 Å². The number of carbonyl (C=O) groups is 1. The van der Waals surface area contributed by atoms with E-state index < -0.39 is 0 Å². The van der Waals surface area contributed by atoms with E-state index in [0.717, 1.165) is 30.4 Å². The Balaban J connectivity index is 1.82. The van der Waals surface area contributed by atoms with E-state index in [0.29, 0.717) is 18.8 Å². The molecule has 0 fully saturated rings. The van der Waals surface area contributed by atoms with Gasteiger partial charge >= 0.3 is 0 Å². The third kappa shape index (κ3) is 9.38. The second kappa shape index (κ2) is 13.5. The molecule has 0 aromatic heterocycles. The lowest BCUT2D eigenvalue weighted by Crippen LogP contribution is -2.38. The van der Waals surface area contributed by atoms with E-state index in [1.165, 1.54) is 4.90 Å². The van der Waals surface area contributed by atoms with E-state index in [9.17, 15) is 4.79 Å². The highest BCUT2D eigenvalue weighted by Gasteiger charge is 2.03. The van der Waals surface area contributed by atoms with Crippen LogP contribution in [0.2, 0.25) is 0 Å². The van der Waals surface area contributed by atoms with Gasteiger partial charge in [-0.1, -0.05) is 30.3 Å². The van der Waals surface area contributed by atoms with Crippen molar-refractivity contribution >= 4 is 23.6 Å². The Morgan fingerprint density at radius 2 is 1.79 bits per heavy atom. The molecule has 3 N–H and O–H groups in total. The number of aliphatic imine (C=N–C) groups is 1. The molecule has 7 heteroatoms. The molecule has 29 heavy (non-hydrogen) atoms. The molecule has 0 aliphatic rings. The van der Waals surface area contributed by atoms with Crippen molar-refractivity contribution in [2.75, 3.05) is 32.0 Å². The number of nitrogens with one attached hydrogen (secondary N) is 3. The molecule has 0 saturated heterocycles. The van der Waals surface area contributed by atoms with Crippen LogP contribution in [0.25, 0.3) is 0 Å². The zero-order chi connectivity index (χ0) is 20.7. The fraction of sp³-hybridized carbons (Fsp3) is 0.364. The summed E-state index contributed by atoms with van der Waals surface area (Å²) in [5.41, 5.74) is 1.02. The molecule has 0 bridgehead atoms. The van der Waals surface area contributed by atoms with Gasteiger partial charge in [0.25, 0.3) is 5.91 Å². The number of nitrogens with zero attached hydrogens (tertiary/aromatic N) is 1. The highest BCUT2D eigenvalue weighted by Crippen LogP contribution is 2.16. The zero-order valence-corrected chi connectivity index (χ0v) is 17.9. The minimum atomic E-state index is -0.122. The summed E-state index contributed by atoms with van der Waals surface area (Å²) >= 11 is 1.81. The fourth-order valence-electron chi connectivity index (χ4n) is 2.50. The first-order chi connectivity index (χ1) is 14.2. The Bertz CT molecular complexity index is 768. The number of carbonyl (C=O) groups excluding carboxylic acids is 1. The number of guanidine groups is 1. The molecule has 2 aromatic rings. The van der Waals surface area contributed by atoms with Crippen LogP contribution in [-0.4, -0.2) is 43.9 Å². The molecule has 0 saturated carbocycles. The number of hydrogen-bond donors (Lipinski definition) is 3. The Kier molecular flexibility index (Phi) is 10.5. The van der Waals surface area contributed by atoms with Crippen LogP contribution in [-0.2, 0) is 11.3 Å². The minimum absolute atomic E-state index is 0.0177. The summed E-state index contributed by atoms with van der Waals surface area (Å²) in [4.78, 5) is 17.4. The summed E-state index contributed by atoms with van der Waals surface area (Å²) in [7, 11) is 0. The smallest absolute Gasteiger partial charge is 0.257 e. The van der Waals surface area contributed by atoms with Crippen molar-refractivity contribution in [3.05, 3.63) is 60.2 Å². The standard InChI is InChI=1S/C22H30N4O2S/c1-3-23-21(27)17-28-19-10-8-9-18(15-19)16-26-22(24-4-2)25-13-14-29-20-11-6-5-7-12-20/h5-12,15H,3-4,13-14,16-17H2,1-2H3,(H,23,27)(H2,24,25,26). The summed E-state index contributed by atoms with van der Waals surface area (Å²) in [5.74, 6) is 2.29. The van der Waals surface area contributed by atoms with Gasteiger partial charge in [0.15, 0.2) is 12.6 Å². The van der Waals surface area contributed by atoms with E-state index in [1.807, 2.05) is 55.9 Å². The van der Waals surface area contributed by atoms with Crippen molar-refractivity contribution in [1.29, 1.82) is 0 Å². The lowest BCUT2D eigenvalue weighted by atomic mass is 10.2. The SMILES string of the molecule is CCNC(=O)COc1cccc(CN=C(NCC)NCCSc2ccccc2)c1. The van der Waals surface area contributed by atoms with Crippen molar-refractivity contribution in [1.82, 2.24) is 16.0 Å². The van der Waals surface area contributed by atoms with Gasteiger partial charge in [0, 0.05) is 30.3 Å². The fourth-order valence-corrected chi connectivity index (χ4v) is 3.29. The molecule has 0 aliphatic heterocycles. The first-order valence-corrected chi connectivity index (χ1v) is 10.9. The predicted molar refractivity (Wildman–Crippen MR) is 121 cm³/mol. The molecule has 2 aromatic carbocycles. The molecule has 6 nitrogen and oxygen atoms in total. The van der Waals surface area contributed by atoms with Gasteiger partial charge in [-0.15, -0.1) is 11.8 Å². The van der Waals surface area contributed by atoms with Gasteiger partial charge < -0.3 is 20.7 Å². The molecule has 0 heterocycles. The monoisotopic (exact) mass is 414 g/mol. The Morgan fingerprint density at radius 3 is 2.55 bits per heavy atom. The average molecular weight is 415 g/mol. The maximum absolute atomic E-state index is 11.5. The van der Waals surface area contributed by atoms with Crippen LogP contribution in [0.1, 0.15) is 19.4 Å². The Morgan fingerprint density at radius 1 is 1.00 bits per heavy atom. The molecule has 2 rings (SSSR count). The normalized spacial score (nSPS) is 11.0. The van der Waals surface area contributed by atoms with Crippen molar-refractivity contribution in [2.24, 2.45) is 4.99 Å². The lowest BCUT2D eigenvalue weighted by Gasteiger charge is -2.11. The third-order valence-electron chi connectivity index (χ3n) is 3.81. The van der Waals surface area contributed by atoms with Gasteiger partial charge in [-0.2, -0.15) is 0 Å². The quantitative estimate of drug-likeness (QED) is 0.228. The number of ether oxygens (including phenoxy) is 1. The number of benzene rings is 2. The number of thioether (sulfide) groups is 1. The molecule has 0 aliphatic carbocycles. The van der Waals surface area contributed by atoms with Gasteiger partial charge in [0.2, 0.25) is 0 Å². The van der Waals surface area contributed by atoms with Crippen LogP contribution >= 0.6 is 11.8 Å². The third-order valence-corrected chi connectivity index (χ3v) is 4.83. The van der Waals surface area contributed by atoms with Gasteiger partial charge in [0.1, 0.15) is 5.75 Å². The first-order valence-electron chi connectivity index (χ1n) is 9.89. The number of rotatable bonds is 11. The van der Waals surface area contributed by atoms with Gasteiger partial charge in [-0.3, -0.25) is 4.79 Å². The minimum Gasteiger partial charge on any atom is -0.484 e. The van der Waals surface area contributed by atoms with Crippen LogP contribution in [0.15, 0.2) is 64.5 Å². The zero-order valence-electron chi connectivity index (χ0n) is 17.1. The number of amides is 1. The van der Waals surface area contributed by atoms with Gasteiger partial charge in [-0.05, 0) is 43.7 Å². The van der Waals surface area contributed by atoms with Gasteiger partial charge in [0.05, 0.1) is 6.54 Å². The molecule has 1 amide bonds. The summed E-state index contributed by atoms with van der Waals surface area (Å²) in [6.07, 6.45) is 0. The van der Waals surface area contributed by atoms with Crippen molar-refractivity contribution < 1.29 is 9.53 Å². The summed E-state index contributed by atoms with van der Waals surface area (Å²) in [6, 6.07) is 18.0. The van der Waals surface area contributed by atoms with Crippen molar-refractivity contribution in [3.8, 4) is 5.75 Å². The lowest BCUT2D eigenvalue weighted by molar-refractivity contribution is -0.122. The van der Waals surface area contributed by atoms with Crippen molar-refractivity contribution in [3.63, 3.8) is 0 Å². The van der Waals surface area contributed by atoms with Crippen LogP contribution < -0.4 is 20.7 Å². The average Bonchev–Trinajstić information content (AvgIpc) is 2.75. The highest BCUT2D eigenvalue weighted by molar-refractivity contribution is 7.99. The largest absolute Gasteiger partial charge is 0.484 e. The summed E-state index contributed by atoms with van der Waals surface area (Å²) < 4.78 is 5.54. The van der Waals surface area contributed by atoms with E-state index in [2.05, 4.69) is 45.2 Å². The van der Waals surface area contributed by atoms with E-state index in [-0.39, 0.29) is 12.5 Å². The van der Waals surface area contributed by atoms with Crippen molar-refractivity contribution in [2.45, 2.75) is 25.3 Å². The summed E-state index contributed by atoms with van der Waals surface area (Å²) in [5, 5.41) is 9.34.